The first kappa shape index (κ1) is 23.6. The second-order valence-electron chi connectivity index (χ2n) is 7.13. The molecule has 4 N–H and O–H groups in total. The monoisotopic (exact) mass is 443 g/mol. The molecule has 5 atom stereocenters. The summed E-state index contributed by atoms with van der Waals surface area (Å²) in [4.78, 5) is 24.5. The first-order valence-electron chi connectivity index (χ1n) is 9.96. The van der Waals surface area contributed by atoms with Crippen molar-refractivity contribution < 1.29 is 39.1 Å². The van der Waals surface area contributed by atoms with Crippen molar-refractivity contribution in [1.29, 1.82) is 0 Å². The molecule has 1 heterocycles. The third-order valence-electron chi connectivity index (χ3n) is 4.84. The Morgan fingerprint density at radius 3 is 2.31 bits per heavy atom. The van der Waals surface area contributed by atoms with Crippen LogP contribution in [0.2, 0.25) is 0 Å². The lowest BCUT2D eigenvalue weighted by Crippen LogP contribution is -2.59. The third-order valence-corrected chi connectivity index (χ3v) is 4.84. The van der Waals surface area contributed by atoms with Gasteiger partial charge in [-0.25, -0.2) is 4.79 Å². The van der Waals surface area contributed by atoms with Crippen molar-refractivity contribution in [3.8, 4) is 0 Å². The van der Waals surface area contributed by atoms with Crippen molar-refractivity contribution in [2.75, 3.05) is 18.5 Å². The minimum atomic E-state index is -1.53. The molecular formula is C23H25NO8. The highest BCUT2D eigenvalue weighted by atomic mass is 16.7. The quantitative estimate of drug-likeness (QED) is 0.352. The fourth-order valence-electron chi connectivity index (χ4n) is 3.08. The molecule has 0 aromatic heterocycles. The van der Waals surface area contributed by atoms with E-state index in [1.54, 1.807) is 36.4 Å². The molecule has 2 aromatic rings. The summed E-state index contributed by atoms with van der Waals surface area (Å²) in [6, 6.07) is 14.8. The number of benzene rings is 2. The standard InChI is InChI=1S/C23H25NO8/c1-2-12-30-23-20(27)19(26)18(25)17(32-23)13-31-22(29)15-8-10-16(11-9-15)24-21(28)14-6-4-3-5-7-14/h2-11,17-20,23,25-27H,1,12-13H2,(H,24,28)/t17-,18-,19+,20-,23-/m1/s1. The minimum Gasteiger partial charge on any atom is -0.459 e. The van der Waals surface area contributed by atoms with Crippen molar-refractivity contribution in [2.45, 2.75) is 30.7 Å². The molecule has 9 nitrogen and oxygen atoms in total. The lowest BCUT2D eigenvalue weighted by Gasteiger charge is -2.39. The van der Waals surface area contributed by atoms with Gasteiger partial charge in [-0.1, -0.05) is 24.3 Å². The molecule has 1 saturated heterocycles. The number of aliphatic hydroxyl groups excluding tert-OH is 3. The van der Waals surface area contributed by atoms with Crippen LogP contribution in [-0.2, 0) is 14.2 Å². The average molecular weight is 443 g/mol. The van der Waals surface area contributed by atoms with E-state index in [-0.39, 0.29) is 24.7 Å². The first-order chi connectivity index (χ1) is 15.4. The Morgan fingerprint density at radius 2 is 1.66 bits per heavy atom. The Hall–Kier alpha value is -3.08. The van der Waals surface area contributed by atoms with E-state index in [2.05, 4.69) is 11.9 Å². The molecule has 0 unspecified atom stereocenters. The summed E-state index contributed by atoms with van der Waals surface area (Å²) < 4.78 is 15.8. The Bertz CT molecular complexity index is 917. The van der Waals surface area contributed by atoms with Gasteiger partial charge in [-0.3, -0.25) is 4.79 Å². The molecule has 170 valence electrons. The minimum absolute atomic E-state index is 0.0597. The molecule has 0 aliphatic carbocycles. The smallest absolute Gasteiger partial charge is 0.338 e. The molecule has 0 radical (unpaired) electrons. The van der Waals surface area contributed by atoms with E-state index in [9.17, 15) is 24.9 Å². The van der Waals surface area contributed by atoms with E-state index in [1.165, 1.54) is 18.2 Å². The maximum Gasteiger partial charge on any atom is 0.338 e. The highest BCUT2D eigenvalue weighted by Crippen LogP contribution is 2.23. The van der Waals surface area contributed by atoms with Gasteiger partial charge < -0.3 is 34.8 Å². The highest BCUT2D eigenvalue weighted by molar-refractivity contribution is 6.04. The van der Waals surface area contributed by atoms with Crippen LogP contribution < -0.4 is 5.32 Å². The zero-order chi connectivity index (χ0) is 23.1. The zero-order valence-electron chi connectivity index (χ0n) is 17.2. The number of amides is 1. The number of rotatable bonds is 8. The number of anilines is 1. The lowest BCUT2D eigenvalue weighted by atomic mass is 9.99. The second-order valence-corrected chi connectivity index (χ2v) is 7.13. The van der Waals surface area contributed by atoms with Crippen LogP contribution in [0.5, 0.6) is 0 Å². The van der Waals surface area contributed by atoms with Crippen LogP contribution in [0.3, 0.4) is 0 Å². The van der Waals surface area contributed by atoms with Gasteiger partial charge in [0.2, 0.25) is 0 Å². The Kier molecular flexibility index (Phi) is 8.09. The fraction of sp³-hybridized carbons (Fsp3) is 0.304. The summed E-state index contributed by atoms with van der Waals surface area (Å²) in [7, 11) is 0. The van der Waals surface area contributed by atoms with Gasteiger partial charge in [0.25, 0.3) is 5.91 Å². The molecular weight excluding hydrogens is 418 g/mol. The van der Waals surface area contributed by atoms with Crippen LogP contribution in [0.25, 0.3) is 0 Å². The fourth-order valence-corrected chi connectivity index (χ4v) is 3.08. The van der Waals surface area contributed by atoms with E-state index in [1.807, 2.05) is 6.07 Å². The molecule has 3 rings (SSSR count). The number of carbonyl (C=O) groups is 2. The number of hydrogen-bond acceptors (Lipinski definition) is 8. The molecule has 1 amide bonds. The van der Waals surface area contributed by atoms with E-state index >= 15 is 0 Å². The van der Waals surface area contributed by atoms with Gasteiger partial charge in [0.1, 0.15) is 31.0 Å². The van der Waals surface area contributed by atoms with Crippen molar-refractivity contribution in [3.05, 3.63) is 78.4 Å². The largest absolute Gasteiger partial charge is 0.459 e. The van der Waals surface area contributed by atoms with Gasteiger partial charge >= 0.3 is 5.97 Å². The van der Waals surface area contributed by atoms with Gasteiger partial charge in [0, 0.05) is 11.3 Å². The number of nitrogens with one attached hydrogen (secondary N) is 1. The average Bonchev–Trinajstić information content (AvgIpc) is 2.82. The van der Waals surface area contributed by atoms with E-state index in [0.29, 0.717) is 11.3 Å². The van der Waals surface area contributed by atoms with Crippen LogP contribution in [0.4, 0.5) is 5.69 Å². The van der Waals surface area contributed by atoms with Crippen molar-refractivity contribution in [1.82, 2.24) is 0 Å². The third kappa shape index (κ3) is 5.78. The molecule has 0 bridgehead atoms. The van der Waals surface area contributed by atoms with Gasteiger partial charge in [-0.05, 0) is 36.4 Å². The van der Waals surface area contributed by atoms with E-state index < -0.39 is 36.7 Å². The van der Waals surface area contributed by atoms with Crippen molar-refractivity contribution in [3.63, 3.8) is 0 Å². The van der Waals surface area contributed by atoms with Gasteiger partial charge in [-0.15, -0.1) is 6.58 Å². The number of carbonyl (C=O) groups excluding carboxylic acids is 2. The highest BCUT2D eigenvalue weighted by Gasteiger charge is 2.44. The number of esters is 1. The lowest BCUT2D eigenvalue weighted by molar-refractivity contribution is -0.298. The SMILES string of the molecule is C=CCO[C@@H]1O[C@H](COC(=O)c2ccc(NC(=O)c3ccccc3)cc2)[C@@H](O)[C@H](O)[C@H]1O. The summed E-state index contributed by atoms with van der Waals surface area (Å²) in [5.74, 6) is -0.968. The molecule has 2 aromatic carbocycles. The van der Waals surface area contributed by atoms with Crippen LogP contribution in [-0.4, -0.2) is 71.1 Å². The zero-order valence-corrected chi connectivity index (χ0v) is 17.2. The Labute approximate surface area is 184 Å². The number of hydrogen-bond donors (Lipinski definition) is 4. The van der Waals surface area contributed by atoms with Crippen LogP contribution in [0.1, 0.15) is 20.7 Å². The Morgan fingerprint density at radius 1 is 0.969 bits per heavy atom. The number of aliphatic hydroxyl groups is 3. The molecule has 1 aliphatic heterocycles. The maximum absolute atomic E-state index is 12.3. The van der Waals surface area contributed by atoms with Crippen molar-refractivity contribution >= 4 is 17.6 Å². The van der Waals surface area contributed by atoms with Crippen LogP contribution in [0.15, 0.2) is 67.3 Å². The summed E-state index contributed by atoms with van der Waals surface area (Å²) in [5.41, 5.74) is 1.22. The predicted octanol–water partition coefficient (Wildman–Crippen LogP) is 1.11. The topological polar surface area (TPSA) is 135 Å². The number of ether oxygens (including phenoxy) is 3. The molecule has 0 spiro atoms. The van der Waals surface area contributed by atoms with E-state index in [0.717, 1.165) is 0 Å². The predicted molar refractivity (Wildman–Crippen MR) is 114 cm³/mol. The summed E-state index contributed by atoms with van der Waals surface area (Å²) in [6.45, 7) is 3.18. The van der Waals surface area contributed by atoms with E-state index in [4.69, 9.17) is 14.2 Å². The van der Waals surface area contributed by atoms with Crippen LogP contribution in [0, 0.1) is 0 Å². The normalized spacial score (nSPS) is 25.0. The van der Waals surface area contributed by atoms with Crippen molar-refractivity contribution in [2.24, 2.45) is 0 Å². The molecule has 1 aliphatic rings. The summed E-state index contributed by atoms with van der Waals surface area (Å²) in [5, 5.41) is 32.8. The molecule has 0 saturated carbocycles. The van der Waals surface area contributed by atoms with Gasteiger partial charge in [-0.2, -0.15) is 0 Å². The molecule has 32 heavy (non-hydrogen) atoms. The van der Waals surface area contributed by atoms with Gasteiger partial charge in [0.05, 0.1) is 12.2 Å². The summed E-state index contributed by atoms with van der Waals surface area (Å²) in [6.07, 6.45) is -5.34. The second kappa shape index (κ2) is 11.0. The first-order valence-corrected chi connectivity index (χ1v) is 9.96. The van der Waals surface area contributed by atoms with Gasteiger partial charge in [0.15, 0.2) is 6.29 Å². The Balaban J connectivity index is 1.55. The maximum atomic E-state index is 12.3. The molecule has 9 heteroatoms. The van der Waals surface area contributed by atoms with Crippen LogP contribution >= 0.6 is 0 Å². The molecule has 1 fully saturated rings. The summed E-state index contributed by atoms with van der Waals surface area (Å²) >= 11 is 0.